The topological polar surface area (TPSA) is 92.5 Å². The van der Waals surface area contributed by atoms with Gasteiger partial charge >= 0.3 is 0 Å². The first-order chi connectivity index (χ1) is 13.0. The molecule has 0 saturated heterocycles. The van der Waals surface area contributed by atoms with Gasteiger partial charge in [-0.1, -0.05) is 41.2 Å². The molecule has 0 saturated carbocycles. The Kier molecular flexibility index (Phi) is 4.63. The Hall–Kier alpha value is -2.77. The summed E-state index contributed by atoms with van der Waals surface area (Å²) in [6, 6.07) is 14.4. The fourth-order valence-corrected chi connectivity index (χ4v) is 3.96. The Labute approximate surface area is 161 Å². The quantitative estimate of drug-likeness (QED) is 0.484. The molecule has 0 amide bonds. The van der Waals surface area contributed by atoms with E-state index in [2.05, 4.69) is 63.0 Å². The second-order valence-corrected chi connectivity index (χ2v) is 7.87. The van der Waals surface area contributed by atoms with Gasteiger partial charge in [0.1, 0.15) is 5.01 Å². The van der Waals surface area contributed by atoms with Gasteiger partial charge in [0.05, 0.1) is 11.6 Å². The molecular formula is C20H22N6S. The molecule has 7 heteroatoms. The third-order valence-corrected chi connectivity index (χ3v) is 5.53. The van der Waals surface area contributed by atoms with Crippen LogP contribution in [0.1, 0.15) is 29.8 Å². The lowest BCUT2D eigenvalue weighted by Crippen LogP contribution is -2.30. The number of benzene rings is 2. The number of anilines is 1. The highest BCUT2D eigenvalue weighted by Gasteiger charge is 2.19. The monoisotopic (exact) mass is 378 g/mol. The van der Waals surface area contributed by atoms with E-state index in [0.29, 0.717) is 0 Å². The number of fused-ring (bicyclic) bond motifs is 1. The lowest BCUT2D eigenvalue weighted by Gasteiger charge is -2.22. The van der Waals surface area contributed by atoms with E-state index in [1.54, 1.807) is 0 Å². The molecule has 2 aromatic carbocycles. The van der Waals surface area contributed by atoms with Crippen molar-refractivity contribution in [2.24, 2.45) is 5.73 Å². The fraction of sp³-hybridized carbons (Fsp3) is 0.250. The number of hydrogen-bond donors (Lipinski definition) is 3. The number of aromatic amines is 1. The molecule has 1 unspecified atom stereocenters. The van der Waals surface area contributed by atoms with E-state index in [9.17, 15) is 0 Å². The second kappa shape index (κ2) is 7.09. The van der Waals surface area contributed by atoms with Crippen LogP contribution in [0.4, 0.5) is 5.13 Å². The van der Waals surface area contributed by atoms with Crippen molar-refractivity contribution in [3.63, 3.8) is 0 Å². The van der Waals surface area contributed by atoms with Gasteiger partial charge in [-0.15, -0.1) is 10.2 Å². The van der Waals surface area contributed by atoms with E-state index in [-0.39, 0.29) is 12.1 Å². The molecular weight excluding hydrogens is 356 g/mol. The van der Waals surface area contributed by atoms with Crippen molar-refractivity contribution in [3.8, 4) is 10.6 Å². The molecule has 0 fully saturated rings. The highest BCUT2D eigenvalue weighted by atomic mass is 32.1. The summed E-state index contributed by atoms with van der Waals surface area (Å²) in [6.45, 7) is 6.09. The standard InChI is InChI=1S/C20H22N6S/c1-11-5-4-6-14(9-11)18(12(2)21)22-20-26-25-19(27-20)15-7-8-17-16(10-15)13(3)23-24-17/h4-10,12,18H,21H2,1-3H3,(H,22,26)(H,23,24)/t12?,18-/m1/s1. The van der Waals surface area contributed by atoms with Gasteiger partial charge in [0.25, 0.3) is 0 Å². The Morgan fingerprint density at radius 1 is 1.11 bits per heavy atom. The Bertz CT molecular complexity index is 1080. The van der Waals surface area contributed by atoms with Crippen LogP contribution in [-0.2, 0) is 0 Å². The third-order valence-electron chi connectivity index (χ3n) is 4.62. The zero-order chi connectivity index (χ0) is 19.0. The molecule has 27 heavy (non-hydrogen) atoms. The van der Waals surface area contributed by atoms with Crippen LogP contribution in [0.5, 0.6) is 0 Å². The van der Waals surface area contributed by atoms with Crippen molar-refractivity contribution in [1.29, 1.82) is 0 Å². The summed E-state index contributed by atoms with van der Waals surface area (Å²) in [4.78, 5) is 0. The summed E-state index contributed by atoms with van der Waals surface area (Å²) < 4.78 is 0. The Morgan fingerprint density at radius 2 is 1.96 bits per heavy atom. The van der Waals surface area contributed by atoms with Gasteiger partial charge in [-0.2, -0.15) is 5.10 Å². The summed E-state index contributed by atoms with van der Waals surface area (Å²) in [5.41, 5.74) is 11.6. The molecule has 0 aliphatic carbocycles. The third kappa shape index (κ3) is 3.56. The molecule has 4 aromatic rings. The van der Waals surface area contributed by atoms with E-state index >= 15 is 0 Å². The van der Waals surface area contributed by atoms with Crippen molar-refractivity contribution in [2.45, 2.75) is 32.9 Å². The largest absolute Gasteiger partial charge is 0.352 e. The van der Waals surface area contributed by atoms with E-state index in [0.717, 1.165) is 37.9 Å². The molecule has 0 aliphatic rings. The van der Waals surface area contributed by atoms with Crippen LogP contribution in [-0.4, -0.2) is 26.4 Å². The van der Waals surface area contributed by atoms with Crippen LogP contribution in [0.25, 0.3) is 21.5 Å². The highest BCUT2D eigenvalue weighted by molar-refractivity contribution is 7.18. The van der Waals surface area contributed by atoms with E-state index in [4.69, 9.17) is 5.73 Å². The summed E-state index contributed by atoms with van der Waals surface area (Å²) in [7, 11) is 0. The number of hydrogen-bond acceptors (Lipinski definition) is 6. The number of H-pyrrole nitrogens is 1. The predicted octanol–water partition coefficient (Wildman–Crippen LogP) is 4.20. The number of aryl methyl sites for hydroxylation is 2. The number of nitrogens with one attached hydrogen (secondary N) is 2. The minimum atomic E-state index is -0.0657. The SMILES string of the molecule is Cc1cccc([C@H](Nc2nnc(-c3ccc4n[nH]c(C)c4c3)s2)C(C)N)c1. The Morgan fingerprint density at radius 3 is 2.74 bits per heavy atom. The second-order valence-electron chi connectivity index (χ2n) is 6.89. The maximum absolute atomic E-state index is 6.24. The molecule has 138 valence electrons. The molecule has 2 atom stereocenters. The first-order valence-corrected chi connectivity index (χ1v) is 9.70. The maximum Gasteiger partial charge on any atom is 0.206 e. The molecule has 0 aliphatic heterocycles. The van der Waals surface area contributed by atoms with Crippen LogP contribution < -0.4 is 11.1 Å². The van der Waals surface area contributed by atoms with Crippen molar-refractivity contribution in [3.05, 3.63) is 59.3 Å². The summed E-state index contributed by atoms with van der Waals surface area (Å²) in [5.74, 6) is 0. The van der Waals surface area contributed by atoms with Crippen molar-refractivity contribution < 1.29 is 0 Å². The van der Waals surface area contributed by atoms with Crippen molar-refractivity contribution in [1.82, 2.24) is 20.4 Å². The first kappa shape index (κ1) is 17.6. The van der Waals surface area contributed by atoms with Gasteiger partial charge in [0.2, 0.25) is 5.13 Å². The summed E-state index contributed by atoms with van der Waals surface area (Å²) >= 11 is 1.53. The molecule has 0 spiro atoms. The zero-order valence-electron chi connectivity index (χ0n) is 15.5. The average Bonchev–Trinajstić information content (AvgIpc) is 3.26. The summed E-state index contributed by atoms with van der Waals surface area (Å²) in [5, 5.41) is 22.2. The number of nitrogens with zero attached hydrogens (tertiary/aromatic N) is 3. The van der Waals surface area contributed by atoms with Gasteiger partial charge < -0.3 is 11.1 Å². The minimum absolute atomic E-state index is 0.0238. The molecule has 0 radical (unpaired) electrons. The lowest BCUT2D eigenvalue weighted by molar-refractivity contribution is 0.623. The van der Waals surface area contributed by atoms with Gasteiger partial charge in [-0.25, -0.2) is 0 Å². The van der Waals surface area contributed by atoms with Gasteiger partial charge in [-0.3, -0.25) is 5.10 Å². The predicted molar refractivity (Wildman–Crippen MR) is 111 cm³/mol. The highest BCUT2D eigenvalue weighted by Crippen LogP contribution is 2.31. The van der Waals surface area contributed by atoms with Gasteiger partial charge in [-0.05, 0) is 44.5 Å². The smallest absolute Gasteiger partial charge is 0.206 e. The van der Waals surface area contributed by atoms with Gasteiger partial charge in [0.15, 0.2) is 0 Å². The lowest BCUT2D eigenvalue weighted by atomic mass is 9.99. The Balaban J connectivity index is 1.61. The van der Waals surface area contributed by atoms with E-state index in [1.807, 2.05) is 26.0 Å². The van der Waals surface area contributed by atoms with Crippen LogP contribution in [0.15, 0.2) is 42.5 Å². The van der Waals surface area contributed by atoms with E-state index < -0.39 is 0 Å². The van der Waals surface area contributed by atoms with E-state index in [1.165, 1.54) is 16.9 Å². The number of rotatable bonds is 5. The first-order valence-electron chi connectivity index (χ1n) is 8.88. The van der Waals surface area contributed by atoms with Crippen LogP contribution in [0.2, 0.25) is 0 Å². The molecule has 4 N–H and O–H groups in total. The molecule has 0 bridgehead atoms. The molecule has 6 nitrogen and oxygen atoms in total. The fourth-order valence-electron chi connectivity index (χ4n) is 3.18. The summed E-state index contributed by atoms with van der Waals surface area (Å²) in [6.07, 6.45) is 0. The van der Waals surface area contributed by atoms with Crippen molar-refractivity contribution in [2.75, 3.05) is 5.32 Å². The van der Waals surface area contributed by atoms with Crippen molar-refractivity contribution >= 4 is 27.4 Å². The van der Waals surface area contributed by atoms with Crippen LogP contribution in [0, 0.1) is 13.8 Å². The number of aromatic nitrogens is 4. The number of nitrogens with two attached hydrogens (primary N) is 1. The van der Waals surface area contributed by atoms with Crippen LogP contribution >= 0.6 is 11.3 Å². The maximum atomic E-state index is 6.24. The minimum Gasteiger partial charge on any atom is -0.352 e. The van der Waals surface area contributed by atoms with Crippen LogP contribution in [0.3, 0.4) is 0 Å². The normalized spacial score (nSPS) is 13.6. The molecule has 4 rings (SSSR count). The zero-order valence-corrected chi connectivity index (χ0v) is 16.3. The molecule has 2 heterocycles. The average molecular weight is 379 g/mol. The van der Waals surface area contributed by atoms with Gasteiger partial charge in [0, 0.05) is 22.7 Å². The molecule has 2 aromatic heterocycles.